The number of H-pyrrole nitrogens is 1. The van der Waals surface area contributed by atoms with E-state index in [4.69, 9.17) is 4.74 Å². The molecule has 0 aromatic heterocycles. The summed E-state index contributed by atoms with van der Waals surface area (Å²) in [5, 5.41) is 4.05. The van der Waals surface area contributed by atoms with Gasteiger partial charge in [0.15, 0.2) is 0 Å². The molecule has 3 rings (SSSR count). The van der Waals surface area contributed by atoms with Crippen molar-refractivity contribution in [2.45, 2.75) is 6.92 Å². The summed E-state index contributed by atoms with van der Waals surface area (Å²) in [6, 6.07) is 7.42. The molecule has 1 aromatic rings. The van der Waals surface area contributed by atoms with Crippen molar-refractivity contribution >= 4 is 12.7 Å². The van der Waals surface area contributed by atoms with Crippen LogP contribution in [0.5, 0.6) is 5.75 Å². The van der Waals surface area contributed by atoms with Gasteiger partial charge in [-0.25, -0.2) is 9.67 Å². The van der Waals surface area contributed by atoms with Crippen molar-refractivity contribution in [3.05, 3.63) is 56.6 Å². The number of aryl methyl sites for hydroxylation is 1. The molecule has 2 heterocycles. The second kappa shape index (κ2) is 4.90. The third-order valence-electron chi connectivity index (χ3n) is 3.21. The van der Waals surface area contributed by atoms with Gasteiger partial charge in [0, 0.05) is 0 Å². The SMILES string of the molecule is C=c1[nH]n2/c(=C/c3cccc(OC)c3)c(=O)nc-2nc1C. The van der Waals surface area contributed by atoms with E-state index in [-0.39, 0.29) is 5.56 Å². The van der Waals surface area contributed by atoms with E-state index in [1.54, 1.807) is 13.2 Å². The van der Waals surface area contributed by atoms with Gasteiger partial charge in [0.2, 0.25) is 0 Å². The molecule has 106 valence electrons. The Hall–Kier alpha value is -2.89. The van der Waals surface area contributed by atoms with Crippen molar-refractivity contribution in [2.75, 3.05) is 7.11 Å². The summed E-state index contributed by atoms with van der Waals surface area (Å²) >= 11 is 0. The molecule has 2 aliphatic rings. The number of aromatic nitrogens is 4. The molecule has 0 radical (unpaired) electrons. The number of ether oxygens (including phenoxy) is 1. The van der Waals surface area contributed by atoms with Gasteiger partial charge in [-0.15, -0.1) is 0 Å². The molecular weight excluding hydrogens is 268 g/mol. The second-order valence-corrected chi connectivity index (χ2v) is 4.65. The number of hydrogen-bond acceptors (Lipinski definition) is 4. The van der Waals surface area contributed by atoms with Gasteiger partial charge in [0.25, 0.3) is 11.5 Å². The smallest absolute Gasteiger partial charge is 0.299 e. The van der Waals surface area contributed by atoms with Crippen LogP contribution in [0.25, 0.3) is 18.6 Å². The van der Waals surface area contributed by atoms with Gasteiger partial charge in [-0.1, -0.05) is 18.7 Å². The van der Waals surface area contributed by atoms with Crippen molar-refractivity contribution in [3.63, 3.8) is 0 Å². The molecule has 6 nitrogen and oxygen atoms in total. The highest BCUT2D eigenvalue weighted by Gasteiger charge is 2.11. The molecule has 0 fully saturated rings. The standard InChI is InChI=1S/C15H14N4O2/c1-9-10(2)18-19-13(14(20)17-15(19)16-9)8-11-5-4-6-12(7-11)21-3/h4-8,18H,2H2,1,3H3/b13-8+. The fraction of sp³-hybridized carbons (Fsp3) is 0.133. The zero-order chi connectivity index (χ0) is 15.0. The molecule has 0 saturated heterocycles. The highest BCUT2D eigenvalue weighted by molar-refractivity contribution is 5.51. The molecule has 0 amide bonds. The number of rotatable bonds is 2. The zero-order valence-electron chi connectivity index (χ0n) is 11.8. The van der Waals surface area contributed by atoms with Crippen LogP contribution in [0.15, 0.2) is 29.1 Å². The highest BCUT2D eigenvalue weighted by atomic mass is 16.5. The molecule has 0 aliphatic carbocycles. The topological polar surface area (TPSA) is 72.8 Å². The van der Waals surface area contributed by atoms with Gasteiger partial charge in [0.1, 0.15) is 11.1 Å². The number of nitrogens with zero attached hydrogens (tertiary/aromatic N) is 3. The quantitative estimate of drug-likeness (QED) is 0.715. The number of imidazole rings is 1. The summed E-state index contributed by atoms with van der Waals surface area (Å²) in [4.78, 5) is 20.2. The number of methoxy groups -OCH3 is 1. The Kier molecular flexibility index (Phi) is 3.06. The van der Waals surface area contributed by atoms with E-state index in [0.717, 1.165) is 11.3 Å². The normalized spacial score (nSPS) is 12.0. The molecule has 1 N–H and O–H groups in total. The lowest BCUT2D eigenvalue weighted by atomic mass is 10.2. The first-order valence-electron chi connectivity index (χ1n) is 6.38. The number of fused-ring (bicyclic) bond motifs is 1. The maximum atomic E-state index is 12.0. The lowest BCUT2D eigenvalue weighted by molar-refractivity contribution is 0.414. The summed E-state index contributed by atoms with van der Waals surface area (Å²) in [6.45, 7) is 5.66. The Balaban J connectivity index is 2.27. The second-order valence-electron chi connectivity index (χ2n) is 4.65. The molecule has 2 aliphatic heterocycles. The molecule has 0 saturated carbocycles. The Labute approximate surface area is 120 Å². The van der Waals surface area contributed by atoms with Crippen LogP contribution in [-0.2, 0) is 0 Å². The van der Waals surface area contributed by atoms with E-state index < -0.39 is 0 Å². The fourth-order valence-corrected chi connectivity index (χ4v) is 2.04. The van der Waals surface area contributed by atoms with Crippen molar-refractivity contribution in [1.29, 1.82) is 0 Å². The van der Waals surface area contributed by atoms with E-state index in [1.807, 2.05) is 31.2 Å². The van der Waals surface area contributed by atoms with Crippen molar-refractivity contribution < 1.29 is 4.74 Å². The van der Waals surface area contributed by atoms with Gasteiger partial charge in [0.05, 0.1) is 18.2 Å². The zero-order valence-corrected chi connectivity index (χ0v) is 11.8. The minimum Gasteiger partial charge on any atom is -0.497 e. The molecule has 0 atom stereocenters. The monoisotopic (exact) mass is 282 g/mol. The molecule has 0 bridgehead atoms. The van der Waals surface area contributed by atoms with Crippen molar-refractivity contribution in [2.24, 2.45) is 0 Å². The third kappa shape index (κ3) is 2.31. The lowest BCUT2D eigenvalue weighted by Gasteiger charge is -2.04. The van der Waals surface area contributed by atoms with Crippen molar-refractivity contribution in [3.8, 4) is 11.7 Å². The Morgan fingerprint density at radius 3 is 2.95 bits per heavy atom. The van der Waals surface area contributed by atoms with Gasteiger partial charge < -0.3 is 4.74 Å². The average molecular weight is 282 g/mol. The lowest BCUT2D eigenvalue weighted by Crippen LogP contribution is -2.32. The molecule has 1 aromatic carbocycles. The molecule has 0 unspecified atom stereocenters. The predicted octanol–water partition coefficient (Wildman–Crippen LogP) is -0.0505. The van der Waals surface area contributed by atoms with Gasteiger partial charge >= 0.3 is 0 Å². The first kappa shape index (κ1) is 13.1. The van der Waals surface area contributed by atoms with Gasteiger partial charge in [-0.3, -0.25) is 9.89 Å². The minimum atomic E-state index is -0.341. The van der Waals surface area contributed by atoms with E-state index in [9.17, 15) is 4.79 Å². The Bertz CT molecular complexity index is 939. The van der Waals surface area contributed by atoms with Crippen LogP contribution in [0, 0.1) is 6.92 Å². The van der Waals surface area contributed by atoms with E-state index in [2.05, 4.69) is 21.6 Å². The highest BCUT2D eigenvalue weighted by Crippen LogP contribution is 2.12. The summed E-state index contributed by atoms with van der Waals surface area (Å²) in [6.07, 6.45) is 1.73. The Morgan fingerprint density at radius 2 is 2.19 bits per heavy atom. The Morgan fingerprint density at radius 1 is 1.38 bits per heavy atom. The maximum absolute atomic E-state index is 12.0. The van der Waals surface area contributed by atoms with Crippen LogP contribution in [-0.4, -0.2) is 26.9 Å². The summed E-state index contributed by atoms with van der Waals surface area (Å²) in [7, 11) is 1.60. The fourth-order valence-electron chi connectivity index (χ4n) is 2.04. The van der Waals surface area contributed by atoms with Crippen LogP contribution < -0.4 is 21.0 Å². The molecule has 21 heavy (non-hydrogen) atoms. The summed E-state index contributed by atoms with van der Waals surface area (Å²) in [5.41, 5.74) is 1.21. The molecular formula is C15H14N4O2. The van der Waals surface area contributed by atoms with Gasteiger partial charge in [-0.05, 0) is 30.7 Å². The van der Waals surface area contributed by atoms with Crippen LogP contribution in [0.2, 0.25) is 0 Å². The largest absolute Gasteiger partial charge is 0.497 e. The number of hydrogen-bond donors (Lipinski definition) is 1. The maximum Gasteiger partial charge on any atom is 0.299 e. The number of aromatic amines is 1. The molecule has 6 heteroatoms. The van der Waals surface area contributed by atoms with Crippen LogP contribution >= 0.6 is 0 Å². The molecule has 0 spiro atoms. The summed E-state index contributed by atoms with van der Waals surface area (Å²) < 4.78 is 6.71. The van der Waals surface area contributed by atoms with Crippen LogP contribution in [0.4, 0.5) is 0 Å². The summed E-state index contributed by atoms with van der Waals surface area (Å²) in [5.74, 6) is 1.06. The first-order chi connectivity index (χ1) is 10.1. The van der Waals surface area contributed by atoms with Crippen LogP contribution in [0.3, 0.4) is 0 Å². The van der Waals surface area contributed by atoms with Crippen LogP contribution in [0.1, 0.15) is 11.3 Å². The van der Waals surface area contributed by atoms with E-state index in [1.165, 1.54) is 4.68 Å². The predicted molar refractivity (Wildman–Crippen MR) is 79.2 cm³/mol. The minimum absolute atomic E-state index is 0.332. The number of nitrogens with one attached hydrogen (secondary N) is 1. The first-order valence-corrected chi connectivity index (χ1v) is 6.38. The number of benzene rings is 1. The van der Waals surface area contributed by atoms with Gasteiger partial charge in [-0.2, -0.15) is 4.98 Å². The van der Waals surface area contributed by atoms with E-state index in [0.29, 0.717) is 22.3 Å². The van der Waals surface area contributed by atoms with E-state index >= 15 is 0 Å². The average Bonchev–Trinajstić information content (AvgIpc) is 2.76. The van der Waals surface area contributed by atoms with Crippen molar-refractivity contribution in [1.82, 2.24) is 19.7 Å². The third-order valence-corrected chi connectivity index (χ3v) is 3.21.